The van der Waals surface area contributed by atoms with Gasteiger partial charge in [0.15, 0.2) is 6.04 Å². The Hall–Kier alpha value is -2.63. The van der Waals surface area contributed by atoms with Crippen LogP contribution in [0, 0.1) is 0 Å². The third-order valence-electron chi connectivity index (χ3n) is 3.10. The van der Waals surface area contributed by atoms with Crippen LogP contribution in [0.1, 0.15) is 13.0 Å². The highest BCUT2D eigenvalue weighted by molar-refractivity contribution is 5.73. The predicted octanol–water partition coefficient (Wildman–Crippen LogP) is 1.65. The molecule has 0 aliphatic carbocycles. The normalized spacial score (nSPS) is 11.8. The van der Waals surface area contributed by atoms with E-state index in [-0.39, 0.29) is 5.56 Å². The first-order valence-corrected chi connectivity index (χ1v) is 6.39. The number of hydrogen-bond donors (Lipinski definition) is 0. The molecule has 1 atom stereocenters. The summed E-state index contributed by atoms with van der Waals surface area (Å²) in [5.41, 5.74) is 1.00. The zero-order valence-electron chi connectivity index (χ0n) is 12.1. The minimum atomic E-state index is -0.784. The predicted molar refractivity (Wildman–Crippen MR) is 77.2 cm³/mol. The van der Waals surface area contributed by atoms with Crippen LogP contribution >= 0.6 is 0 Å². The Labute approximate surface area is 121 Å². The van der Waals surface area contributed by atoms with Gasteiger partial charge in [-0.3, -0.25) is 4.79 Å². The van der Waals surface area contributed by atoms with Crippen LogP contribution in [0.3, 0.4) is 0 Å². The van der Waals surface area contributed by atoms with Crippen molar-refractivity contribution in [2.24, 2.45) is 0 Å². The standard InChI is InChI=1S/C15H16N2O4/c1-10(15(19)21-3)17-14(18)8-7-13(16-17)11-5-4-6-12(9-11)20-2/h4-10H,1-3H3/t10-/m0/s1. The highest BCUT2D eigenvalue weighted by Crippen LogP contribution is 2.21. The van der Waals surface area contributed by atoms with Gasteiger partial charge in [-0.1, -0.05) is 12.1 Å². The molecule has 1 heterocycles. The molecule has 0 bridgehead atoms. The lowest BCUT2D eigenvalue weighted by Gasteiger charge is -2.12. The topological polar surface area (TPSA) is 70.4 Å². The van der Waals surface area contributed by atoms with Gasteiger partial charge in [-0.05, 0) is 25.1 Å². The molecule has 21 heavy (non-hydrogen) atoms. The molecule has 0 fully saturated rings. The molecule has 0 saturated carbocycles. The van der Waals surface area contributed by atoms with Crippen LogP contribution in [0.5, 0.6) is 5.75 Å². The van der Waals surface area contributed by atoms with E-state index in [0.717, 1.165) is 10.2 Å². The molecular weight excluding hydrogens is 272 g/mol. The molecule has 2 aromatic rings. The largest absolute Gasteiger partial charge is 0.497 e. The summed E-state index contributed by atoms with van der Waals surface area (Å²) >= 11 is 0. The van der Waals surface area contributed by atoms with Crippen LogP contribution < -0.4 is 10.3 Å². The number of methoxy groups -OCH3 is 2. The second kappa shape index (κ2) is 6.21. The molecule has 0 aliphatic heterocycles. The van der Waals surface area contributed by atoms with Crippen LogP contribution in [-0.2, 0) is 9.53 Å². The summed E-state index contributed by atoms with van der Waals surface area (Å²) in [7, 11) is 2.85. The van der Waals surface area contributed by atoms with Crippen molar-refractivity contribution < 1.29 is 14.3 Å². The zero-order chi connectivity index (χ0) is 15.4. The van der Waals surface area contributed by atoms with Crippen LogP contribution in [0.4, 0.5) is 0 Å². The van der Waals surface area contributed by atoms with Crippen LogP contribution in [0.25, 0.3) is 11.3 Å². The van der Waals surface area contributed by atoms with Gasteiger partial charge < -0.3 is 9.47 Å². The van der Waals surface area contributed by atoms with Gasteiger partial charge in [-0.2, -0.15) is 5.10 Å². The number of rotatable bonds is 4. The SMILES string of the molecule is COC(=O)[C@H](C)n1nc(-c2cccc(OC)c2)ccc1=O. The van der Waals surface area contributed by atoms with E-state index in [4.69, 9.17) is 4.74 Å². The Morgan fingerprint density at radius 2 is 2.00 bits per heavy atom. The molecule has 0 spiro atoms. The number of esters is 1. The van der Waals surface area contributed by atoms with Gasteiger partial charge in [-0.15, -0.1) is 0 Å². The van der Waals surface area contributed by atoms with Crippen molar-refractivity contribution in [2.75, 3.05) is 14.2 Å². The molecule has 0 radical (unpaired) electrons. The average Bonchev–Trinajstić information content (AvgIpc) is 2.54. The fourth-order valence-electron chi connectivity index (χ4n) is 1.91. The van der Waals surface area contributed by atoms with Crippen LogP contribution in [0.15, 0.2) is 41.2 Å². The quantitative estimate of drug-likeness (QED) is 0.800. The first-order chi connectivity index (χ1) is 10.1. The molecule has 0 aliphatic rings. The Bertz CT molecular complexity index is 709. The first-order valence-electron chi connectivity index (χ1n) is 6.39. The van der Waals surface area contributed by atoms with Gasteiger partial charge in [0.1, 0.15) is 5.75 Å². The molecule has 0 N–H and O–H groups in total. The molecule has 1 aromatic carbocycles. The van der Waals surface area contributed by atoms with Crippen molar-refractivity contribution >= 4 is 5.97 Å². The maximum Gasteiger partial charge on any atom is 0.330 e. The molecule has 6 heteroatoms. The lowest BCUT2D eigenvalue weighted by molar-refractivity contribution is -0.144. The summed E-state index contributed by atoms with van der Waals surface area (Å²) < 4.78 is 10.9. The lowest BCUT2D eigenvalue weighted by atomic mass is 10.1. The maximum absolute atomic E-state index is 11.9. The molecule has 2 rings (SSSR count). The van der Waals surface area contributed by atoms with E-state index >= 15 is 0 Å². The van der Waals surface area contributed by atoms with Gasteiger partial charge in [0.25, 0.3) is 5.56 Å². The van der Waals surface area contributed by atoms with E-state index in [0.29, 0.717) is 11.4 Å². The van der Waals surface area contributed by atoms with Crippen molar-refractivity contribution in [2.45, 2.75) is 13.0 Å². The van der Waals surface area contributed by atoms with Crippen molar-refractivity contribution in [3.63, 3.8) is 0 Å². The van der Waals surface area contributed by atoms with Crippen molar-refractivity contribution in [3.8, 4) is 17.0 Å². The number of hydrogen-bond acceptors (Lipinski definition) is 5. The molecule has 0 amide bonds. The Morgan fingerprint density at radius 1 is 1.24 bits per heavy atom. The maximum atomic E-state index is 11.9. The van der Waals surface area contributed by atoms with Crippen molar-refractivity contribution in [1.82, 2.24) is 9.78 Å². The van der Waals surface area contributed by atoms with E-state index in [1.54, 1.807) is 26.2 Å². The zero-order valence-corrected chi connectivity index (χ0v) is 12.1. The lowest BCUT2D eigenvalue weighted by Crippen LogP contribution is -2.30. The first kappa shape index (κ1) is 14.8. The molecule has 110 valence electrons. The summed E-state index contributed by atoms with van der Waals surface area (Å²) in [4.78, 5) is 23.4. The van der Waals surface area contributed by atoms with E-state index in [2.05, 4.69) is 9.84 Å². The summed E-state index contributed by atoms with van der Waals surface area (Å²) in [6, 6.07) is 9.50. The van der Waals surface area contributed by atoms with Gasteiger partial charge in [0, 0.05) is 11.6 Å². The number of carbonyl (C=O) groups is 1. The smallest absolute Gasteiger partial charge is 0.330 e. The van der Waals surface area contributed by atoms with Crippen molar-refractivity contribution in [1.29, 1.82) is 0 Å². The number of aromatic nitrogens is 2. The van der Waals surface area contributed by atoms with Crippen LogP contribution in [0.2, 0.25) is 0 Å². The fourth-order valence-corrected chi connectivity index (χ4v) is 1.91. The number of benzene rings is 1. The molecular formula is C15H16N2O4. The van der Waals surface area contributed by atoms with E-state index in [9.17, 15) is 9.59 Å². The Balaban J connectivity index is 2.47. The Morgan fingerprint density at radius 3 is 2.67 bits per heavy atom. The second-order valence-electron chi connectivity index (χ2n) is 4.43. The molecule has 0 unspecified atom stereocenters. The highest BCUT2D eigenvalue weighted by atomic mass is 16.5. The summed E-state index contributed by atoms with van der Waals surface area (Å²) in [5.74, 6) is 0.167. The fraction of sp³-hybridized carbons (Fsp3) is 0.267. The molecule has 1 aromatic heterocycles. The van der Waals surface area contributed by atoms with E-state index in [1.165, 1.54) is 13.2 Å². The highest BCUT2D eigenvalue weighted by Gasteiger charge is 2.18. The number of nitrogens with zero attached hydrogens (tertiary/aromatic N) is 2. The van der Waals surface area contributed by atoms with Gasteiger partial charge in [-0.25, -0.2) is 9.48 Å². The minimum Gasteiger partial charge on any atom is -0.497 e. The van der Waals surface area contributed by atoms with Crippen LogP contribution in [-0.4, -0.2) is 30.0 Å². The van der Waals surface area contributed by atoms with Gasteiger partial charge in [0.05, 0.1) is 19.9 Å². The monoisotopic (exact) mass is 288 g/mol. The third-order valence-corrected chi connectivity index (χ3v) is 3.10. The van der Waals surface area contributed by atoms with Gasteiger partial charge >= 0.3 is 5.97 Å². The minimum absolute atomic E-state index is 0.362. The summed E-state index contributed by atoms with van der Waals surface area (Å²) in [5, 5.41) is 4.23. The van der Waals surface area contributed by atoms with E-state index < -0.39 is 12.0 Å². The second-order valence-corrected chi connectivity index (χ2v) is 4.43. The summed E-state index contributed by atoms with van der Waals surface area (Å²) in [6.07, 6.45) is 0. The average molecular weight is 288 g/mol. The van der Waals surface area contributed by atoms with E-state index in [1.807, 2.05) is 18.2 Å². The summed E-state index contributed by atoms with van der Waals surface area (Å²) in [6.45, 7) is 1.57. The molecule has 0 saturated heterocycles. The number of carbonyl (C=O) groups excluding carboxylic acids is 1. The van der Waals surface area contributed by atoms with Crippen molar-refractivity contribution in [3.05, 3.63) is 46.8 Å². The molecule has 6 nitrogen and oxygen atoms in total. The Kier molecular flexibility index (Phi) is 4.37. The third kappa shape index (κ3) is 3.10. The van der Waals surface area contributed by atoms with Gasteiger partial charge in [0.2, 0.25) is 0 Å². The number of ether oxygens (including phenoxy) is 2.